The third-order valence-corrected chi connectivity index (χ3v) is 5.91. The van der Waals surface area contributed by atoms with Crippen LogP contribution in [0.3, 0.4) is 0 Å². The second-order valence-electron chi connectivity index (χ2n) is 8.95. The van der Waals surface area contributed by atoms with E-state index in [-0.39, 0.29) is 5.91 Å². The lowest BCUT2D eigenvalue weighted by atomic mass is 10.0. The topological polar surface area (TPSA) is 81.2 Å². The minimum Gasteiger partial charge on any atom is -0.379 e. The number of amides is 1. The van der Waals surface area contributed by atoms with Crippen LogP contribution in [0.2, 0.25) is 0 Å². The Hall–Kier alpha value is -2.32. The highest BCUT2D eigenvalue weighted by Crippen LogP contribution is 2.17. The molecular formula is C24H40N6O2. The molecule has 8 nitrogen and oxygen atoms in total. The van der Waals surface area contributed by atoms with Gasteiger partial charge in [0.15, 0.2) is 5.96 Å². The maximum Gasteiger partial charge on any atom is 0.239 e. The molecule has 2 aliphatic heterocycles. The van der Waals surface area contributed by atoms with Gasteiger partial charge in [0.2, 0.25) is 5.91 Å². The van der Waals surface area contributed by atoms with Crippen LogP contribution >= 0.6 is 0 Å². The molecule has 0 bridgehead atoms. The summed E-state index contributed by atoms with van der Waals surface area (Å²) < 4.78 is 5.54. The first-order valence-electron chi connectivity index (χ1n) is 12.0. The van der Waals surface area contributed by atoms with Crippen LogP contribution in [0.15, 0.2) is 29.3 Å². The van der Waals surface area contributed by atoms with E-state index in [1.807, 2.05) is 0 Å². The minimum absolute atomic E-state index is 0.0825. The number of anilines is 1. The van der Waals surface area contributed by atoms with Crippen LogP contribution in [0.1, 0.15) is 32.8 Å². The number of guanidine groups is 1. The summed E-state index contributed by atoms with van der Waals surface area (Å²) in [5.41, 5.74) is 2.24. The predicted molar refractivity (Wildman–Crippen MR) is 130 cm³/mol. The molecule has 0 saturated carbocycles. The Balaban J connectivity index is 1.56. The third kappa shape index (κ3) is 7.67. The molecule has 1 amide bonds. The number of benzene rings is 1. The number of hydrogen-bond acceptors (Lipinski definition) is 5. The second-order valence-corrected chi connectivity index (χ2v) is 8.95. The normalized spacial score (nSPS) is 19.1. The van der Waals surface area contributed by atoms with Crippen molar-refractivity contribution in [1.82, 2.24) is 20.9 Å². The van der Waals surface area contributed by atoms with Gasteiger partial charge in [-0.15, -0.1) is 0 Å². The molecule has 0 aromatic heterocycles. The Morgan fingerprint density at radius 3 is 2.56 bits per heavy atom. The Kier molecular flexibility index (Phi) is 9.62. The van der Waals surface area contributed by atoms with E-state index in [1.165, 1.54) is 0 Å². The number of morpholine rings is 1. The summed E-state index contributed by atoms with van der Waals surface area (Å²) in [7, 11) is 0. The van der Waals surface area contributed by atoms with Gasteiger partial charge in [-0.1, -0.05) is 26.0 Å². The van der Waals surface area contributed by atoms with Crippen LogP contribution in [0, 0.1) is 5.92 Å². The molecule has 2 saturated heterocycles. The average molecular weight is 445 g/mol. The molecule has 0 radical (unpaired) electrons. The van der Waals surface area contributed by atoms with Crippen molar-refractivity contribution in [3.05, 3.63) is 29.8 Å². The van der Waals surface area contributed by atoms with E-state index >= 15 is 0 Å². The molecule has 2 fully saturated rings. The summed E-state index contributed by atoms with van der Waals surface area (Å²) in [4.78, 5) is 21.1. The summed E-state index contributed by atoms with van der Waals surface area (Å²) in [5, 5.41) is 9.81. The first-order chi connectivity index (χ1) is 15.5. The van der Waals surface area contributed by atoms with Crippen molar-refractivity contribution >= 4 is 17.6 Å². The Morgan fingerprint density at radius 2 is 1.91 bits per heavy atom. The van der Waals surface area contributed by atoms with Gasteiger partial charge in [-0.3, -0.25) is 9.69 Å². The molecule has 2 aliphatic rings. The average Bonchev–Trinajstić information content (AvgIpc) is 2.80. The minimum atomic E-state index is 0.0825. The number of piperazine rings is 1. The zero-order valence-corrected chi connectivity index (χ0v) is 19.9. The molecule has 2 heterocycles. The van der Waals surface area contributed by atoms with Gasteiger partial charge in [-0.2, -0.15) is 0 Å². The first kappa shape index (κ1) is 24.3. The fraction of sp³-hybridized carbons (Fsp3) is 0.667. The largest absolute Gasteiger partial charge is 0.379 e. The highest BCUT2D eigenvalue weighted by molar-refractivity contribution is 5.82. The number of aliphatic imine (C=N–C) groups is 1. The highest BCUT2D eigenvalue weighted by atomic mass is 16.5. The van der Waals surface area contributed by atoms with Crippen molar-refractivity contribution in [1.29, 1.82) is 0 Å². The number of carbonyl (C=O) groups is 1. The van der Waals surface area contributed by atoms with Crippen LogP contribution < -0.4 is 20.9 Å². The molecule has 8 heteroatoms. The molecule has 0 aliphatic carbocycles. The zero-order valence-electron chi connectivity index (χ0n) is 19.9. The van der Waals surface area contributed by atoms with Gasteiger partial charge < -0.3 is 25.6 Å². The van der Waals surface area contributed by atoms with Gasteiger partial charge >= 0.3 is 0 Å². The van der Waals surface area contributed by atoms with Gasteiger partial charge in [-0.25, -0.2) is 4.99 Å². The van der Waals surface area contributed by atoms with Crippen LogP contribution in [0.25, 0.3) is 0 Å². The molecule has 1 unspecified atom stereocenters. The van der Waals surface area contributed by atoms with E-state index in [2.05, 4.69) is 70.8 Å². The second kappa shape index (κ2) is 12.6. The van der Waals surface area contributed by atoms with Crippen molar-refractivity contribution in [2.45, 2.75) is 39.8 Å². The van der Waals surface area contributed by atoms with E-state index in [1.54, 1.807) is 0 Å². The Labute approximate surface area is 192 Å². The van der Waals surface area contributed by atoms with Gasteiger partial charge in [0.1, 0.15) is 0 Å². The number of ether oxygens (including phenoxy) is 1. The SMILES string of the molecule is CCNC(=NCc1ccc(N2CCNC(=O)C2)cc1)NCC(CC(C)C)N1CCOCC1. The summed E-state index contributed by atoms with van der Waals surface area (Å²) in [5.74, 6) is 1.58. The number of carbonyl (C=O) groups excluding carboxylic acids is 1. The fourth-order valence-corrected chi connectivity index (χ4v) is 4.25. The van der Waals surface area contributed by atoms with E-state index in [0.29, 0.717) is 31.6 Å². The molecule has 178 valence electrons. The van der Waals surface area contributed by atoms with Crippen LogP contribution in [0.4, 0.5) is 5.69 Å². The molecule has 3 N–H and O–H groups in total. The number of nitrogens with zero attached hydrogens (tertiary/aromatic N) is 3. The Morgan fingerprint density at radius 1 is 1.16 bits per heavy atom. The van der Waals surface area contributed by atoms with E-state index < -0.39 is 0 Å². The van der Waals surface area contributed by atoms with Gasteiger partial charge in [0.25, 0.3) is 0 Å². The maximum atomic E-state index is 11.6. The van der Waals surface area contributed by atoms with Crippen LogP contribution in [0.5, 0.6) is 0 Å². The standard InChI is InChI=1S/C24H40N6O2/c1-4-25-24(28-17-22(15-19(2)3)29-11-13-32-14-12-29)27-16-20-5-7-21(8-6-20)30-10-9-26-23(31)18-30/h5-8,19,22H,4,9-18H2,1-3H3,(H,26,31)(H2,25,27,28). The number of rotatable bonds is 9. The van der Waals surface area contributed by atoms with E-state index in [0.717, 1.165) is 69.6 Å². The smallest absolute Gasteiger partial charge is 0.239 e. The number of nitrogens with one attached hydrogen (secondary N) is 3. The maximum absolute atomic E-state index is 11.6. The third-order valence-electron chi connectivity index (χ3n) is 5.91. The van der Waals surface area contributed by atoms with Crippen molar-refractivity contribution in [2.75, 3.05) is 63.9 Å². The molecule has 1 aromatic carbocycles. The predicted octanol–water partition coefficient (Wildman–Crippen LogP) is 1.42. The number of hydrogen-bond donors (Lipinski definition) is 3. The quantitative estimate of drug-likeness (QED) is 0.395. The van der Waals surface area contributed by atoms with E-state index in [4.69, 9.17) is 9.73 Å². The molecular weight excluding hydrogens is 404 g/mol. The summed E-state index contributed by atoms with van der Waals surface area (Å²) in [6.07, 6.45) is 1.16. The first-order valence-corrected chi connectivity index (χ1v) is 12.0. The van der Waals surface area contributed by atoms with Crippen LogP contribution in [-0.2, 0) is 16.1 Å². The fourth-order valence-electron chi connectivity index (χ4n) is 4.25. The monoisotopic (exact) mass is 444 g/mol. The summed E-state index contributed by atoms with van der Waals surface area (Å²) in [6, 6.07) is 8.85. The van der Waals surface area contributed by atoms with Gasteiger partial charge in [-0.05, 0) is 37.0 Å². The van der Waals surface area contributed by atoms with Crippen molar-refractivity contribution in [2.24, 2.45) is 10.9 Å². The Bertz CT molecular complexity index is 731. The van der Waals surface area contributed by atoms with Crippen molar-refractivity contribution in [3.63, 3.8) is 0 Å². The van der Waals surface area contributed by atoms with Crippen molar-refractivity contribution < 1.29 is 9.53 Å². The molecule has 1 atom stereocenters. The lowest BCUT2D eigenvalue weighted by molar-refractivity contribution is -0.120. The summed E-state index contributed by atoms with van der Waals surface area (Å²) in [6.45, 7) is 14.6. The van der Waals surface area contributed by atoms with Crippen molar-refractivity contribution in [3.8, 4) is 0 Å². The zero-order chi connectivity index (χ0) is 22.8. The van der Waals surface area contributed by atoms with Gasteiger partial charge in [0.05, 0.1) is 26.3 Å². The molecule has 0 spiro atoms. The highest BCUT2D eigenvalue weighted by Gasteiger charge is 2.22. The van der Waals surface area contributed by atoms with Gasteiger partial charge in [0, 0.05) is 51.0 Å². The molecule has 1 aromatic rings. The molecule has 32 heavy (non-hydrogen) atoms. The molecule has 3 rings (SSSR count). The lowest BCUT2D eigenvalue weighted by Crippen LogP contribution is -2.51. The van der Waals surface area contributed by atoms with E-state index in [9.17, 15) is 4.79 Å². The summed E-state index contributed by atoms with van der Waals surface area (Å²) >= 11 is 0. The van der Waals surface area contributed by atoms with Crippen LogP contribution in [-0.4, -0.2) is 81.8 Å². The lowest BCUT2D eigenvalue weighted by Gasteiger charge is -2.35.